The van der Waals surface area contributed by atoms with Crippen molar-refractivity contribution < 1.29 is 40.3 Å². The zero-order valence-corrected chi connectivity index (χ0v) is 27.0. The number of rotatable bonds is 11. The third-order valence-corrected chi connectivity index (χ3v) is 11.3. The Bertz CT molecular complexity index is 1700. The minimum Gasteiger partial charge on any atom is -0.453 e. The summed E-state index contributed by atoms with van der Waals surface area (Å²) in [6, 6.07) is 5.34. The number of anilines is 1. The molecule has 1 aromatic heterocycles. The molecular formula is C33H37F4N5O5S. The molecule has 1 saturated heterocycles. The third kappa shape index (κ3) is 8.13. The average Bonchev–Trinajstić information content (AvgIpc) is 3.61. The molecule has 10 nitrogen and oxygen atoms in total. The van der Waals surface area contributed by atoms with E-state index in [2.05, 4.69) is 20.9 Å². The van der Waals surface area contributed by atoms with Crippen LogP contribution in [-0.2, 0) is 26.0 Å². The van der Waals surface area contributed by atoms with Crippen molar-refractivity contribution in [3.63, 3.8) is 0 Å². The zero-order valence-electron chi connectivity index (χ0n) is 26.2. The summed E-state index contributed by atoms with van der Waals surface area (Å²) < 4.78 is 91.3. The van der Waals surface area contributed by atoms with Crippen LogP contribution < -0.4 is 16.0 Å². The van der Waals surface area contributed by atoms with Crippen LogP contribution in [0.15, 0.2) is 54.9 Å². The van der Waals surface area contributed by atoms with Gasteiger partial charge in [0, 0.05) is 43.2 Å². The molecule has 2 heterocycles. The molecule has 1 aliphatic carbocycles. The molecule has 0 unspecified atom stereocenters. The van der Waals surface area contributed by atoms with Gasteiger partial charge >= 0.3 is 6.09 Å². The third-order valence-electron chi connectivity index (χ3n) is 8.88. The first-order valence-electron chi connectivity index (χ1n) is 15.7. The molecule has 5 rings (SSSR count). The van der Waals surface area contributed by atoms with Crippen LogP contribution in [0.5, 0.6) is 0 Å². The Morgan fingerprint density at radius 3 is 2.35 bits per heavy atom. The van der Waals surface area contributed by atoms with Gasteiger partial charge in [-0.25, -0.2) is 30.8 Å². The quantitative estimate of drug-likeness (QED) is 0.251. The molecule has 2 fully saturated rings. The lowest BCUT2D eigenvalue weighted by Gasteiger charge is -2.37. The summed E-state index contributed by atoms with van der Waals surface area (Å²) in [6.45, 7) is 1.15. The molecule has 258 valence electrons. The molecule has 0 bridgehead atoms. The number of carbonyl (C=O) groups excluding carboxylic acids is 2. The van der Waals surface area contributed by atoms with Crippen LogP contribution in [0.25, 0.3) is 0 Å². The number of amides is 2. The summed E-state index contributed by atoms with van der Waals surface area (Å²) in [5, 5.41) is 7.76. The lowest BCUT2D eigenvalue weighted by Crippen LogP contribution is -2.55. The molecule has 3 atom stereocenters. The lowest BCUT2D eigenvalue weighted by atomic mass is 9.84. The monoisotopic (exact) mass is 691 g/mol. The van der Waals surface area contributed by atoms with Crippen molar-refractivity contribution in [3.05, 3.63) is 94.8 Å². The van der Waals surface area contributed by atoms with Crippen LogP contribution in [0.3, 0.4) is 0 Å². The number of carbonyl (C=O) groups is 2. The van der Waals surface area contributed by atoms with Gasteiger partial charge in [0.15, 0.2) is 0 Å². The predicted octanol–water partition coefficient (Wildman–Crippen LogP) is 4.61. The molecule has 2 aromatic carbocycles. The Kier molecular flexibility index (Phi) is 11.3. The number of alkyl carbamates (subject to hydrolysis) is 1. The number of sulfonamides is 1. The molecule has 48 heavy (non-hydrogen) atoms. The van der Waals surface area contributed by atoms with Gasteiger partial charge in [-0.05, 0) is 61.1 Å². The Morgan fingerprint density at radius 1 is 1.00 bits per heavy atom. The van der Waals surface area contributed by atoms with Crippen LogP contribution >= 0.6 is 0 Å². The highest BCUT2D eigenvalue weighted by atomic mass is 32.2. The predicted molar refractivity (Wildman–Crippen MR) is 170 cm³/mol. The van der Waals surface area contributed by atoms with Crippen molar-refractivity contribution in [3.8, 4) is 0 Å². The second kappa shape index (κ2) is 15.4. The number of piperazine rings is 1. The number of hydrogen-bond donors (Lipinski definition) is 3. The minimum atomic E-state index is -3.56. The highest BCUT2D eigenvalue weighted by Gasteiger charge is 2.39. The molecule has 0 spiro atoms. The topological polar surface area (TPSA) is 130 Å². The number of nitrogens with zero attached hydrogens (tertiary/aromatic N) is 2. The smallest absolute Gasteiger partial charge is 0.407 e. The van der Waals surface area contributed by atoms with E-state index in [1.165, 1.54) is 22.6 Å². The Hall–Kier alpha value is -4.08. The van der Waals surface area contributed by atoms with Crippen molar-refractivity contribution in [2.45, 2.75) is 61.8 Å². The molecule has 15 heteroatoms. The maximum Gasteiger partial charge on any atom is 0.407 e. The van der Waals surface area contributed by atoms with Crippen LogP contribution in [0.2, 0.25) is 0 Å². The van der Waals surface area contributed by atoms with E-state index in [-0.39, 0.29) is 41.8 Å². The minimum absolute atomic E-state index is 0.0264. The summed E-state index contributed by atoms with van der Waals surface area (Å²) >= 11 is 0. The molecule has 2 aliphatic rings. The fourth-order valence-corrected chi connectivity index (χ4v) is 8.79. The maximum atomic E-state index is 15.3. The molecular weight excluding hydrogens is 654 g/mol. The Morgan fingerprint density at radius 2 is 1.69 bits per heavy atom. The van der Waals surface area contributed by atoms with Crippen molar-refractivity contribution in [2.75, 3.05) is 32.1 Å². The fourth-order valence-electron chi connectivity index (χ4n) is 6.53. The van der Waals surface area contributed by atoms with Crippen molar-refractivity contribution in [1.82, 2.24) is 19.9 Å². The van der Waals surface area contributed by atoms with E-state index in [0.29, 0.717) is 32.0 Å². The SMILES string of the molecule is COC(=O)N[C@H](C(=O)Nc1cncc(F)c1CC[C@H]1CNCCN1S(=O)(=O)C1CCCC1)[C@@H](c1ccc(F)cc1)c1cc(F)cc(F)c1. The summed E-state index contributed by atoms with van der Waals surface area (Å²) in [6.07, 6.45) is 4.31. The fraction of sp³-hybridized carbons (Fsp3) is 0.424. The van der Waals surface area contributed by atoms with Gasteiger partial charge in [-0.15, -0.1) is 0 Å². The van der Waals surface area contributed by atoms with E-state index in [4.69, 9.17) is 4.74 Å². The van der Waals surface area contributed by atoms with E-state index in [1.807, 2.05) is 0 Å². The lowest BCUT2D eigenvalue weighted by molar-refractivity contribution is -0.118. The molecule has 1 aliphatic heterocycles. The van der Waals surface area contributed by atoms with E-state index >= 15 is 4.39 Å². The second-order valence-corrected chi connectivity index (χ2v) is 14.1. The molecule has 0 radical (unpaired) electrons. The van der Waals surface area contributed by atoms with Crippen LogP contribution in [-0.4, -0.2) is 73.8 Å². The normalized spacial score (nSPS) is 18.6. The van der Waals surface area contributed by atoms with Gasteiger partial charge in [0.2, 0.25) is 15.9 Å². The molecule has 3 N–H and O–H groups in total. The number of halogens is 4. The van der Waals surface area contributed by atoms with Gasteiger partial charge in [-0.3, -0.25) is 9.78 Å². The van der Waals surface area contributed by atoms with Crippen molar-refractivity contribution in [1.29, 1.82) is 0 Å². The first-order chi connectivity index (χ1) is 23.0. The molecule has 1 saturated carbocycles. The van der Waals surface area contributed by atoms with Crippen molar-refractivity contribution in [2.24, 2.45) is 0 Å². The first kappa shape index (κ1) is 35.2. The molecule has 3 aromatic rings. The van der Waals surface area contributed by atoms with Gasteiger partial charge in [-0.1, -0.05) is 25.0 Å². The Labute approximate surface area is 276 Å². The van der Waals surface area contributed by atoms with Crippen LogP contribution in [0, 0.1) is 23.3 Å². The standard InChI is InChI=1S/C33H37F4N5O5S/c1-47-33(44)41-31(30(20-6-8-22(34)9-7-20)21-14-23(35)16-24(36)15-21)32(43)40-29-19-39-18-28(37)27(29)11-10-25-17-38-12-13-42(25)48(45,46)26-4-2-3-5-26/h6-9,14-16,18-19,25-26,30-31,38H,2-5,10-13,17H2,1H3,(H,40,43)(H,41,44)/t25-,30-,31-/m0/s1. The summed E-state index contributed by atoms with van der Waals surface area (Å²) in [7, 11) is -2.50. The van der Waals surface area contributed by atoms with Gasteiger partial charge in [0.05, 0.1) is 30.4 Å². The van der Waals surface area contributed by atoms with Gasteiger partial charge < -0.3 is 20.7 Å². The van der Waals surface area contributed by atoms with Gasteiger partial charge in [-0.2, -0.15) is 4.31 Å². The Balaban J connectivity index is 1.44. The average molecular weight is 692 g/mol. The van der Waals surface area contributed by atoms with Crippen LogP contribution in [0.1, 0.15) is 54.7 Å². The van der Waals surface area contributed by atoms with E-state index in [0.717, 1.165) is 50.4 Å². The number of ether oxygens (including phenoxy) is 1. The summed E-state index contributed by atoms with van der Waals surface area (Å²) in [5.41, 5.74) is 0.175. The number of benzene rings is 2. The van der Waals surface area contributed by atoms with E-state index in [1.54, 1.807) is 0 Å². The summed E-state index contributed by atoms with van der Waals surface area (Å²) in [4.78, 5) is 30.4. The first-order valence-corrected chi connectivity index (χ1v) is 17.2. The largest absolute Gasteiger partial charge is 0.453 e. The number of methoxy groups -OCH3 is 1. The van der Waals surface area contributed by atoms with Gasteiger partial charge in [0.25, 0.3) is 0 Å². The number of aromatic nitrogens is 1. The highest BCUT2D eigenvalue weighted by Crippen LogP contribution is 2.33. The number of hydrogen-bond acceptors (Lipinski definition) is 7. The van der Waals surface area contributed by atoms with E-state index < -0.39 is 68.5 Å². The van der Waals surface area contributed by atoms with E-state index in [9.17, 15) is 31.2 Å². The van der Waals surface area contributed by atoms with Crippen molar-refractivity contribution >= 4 is 27.7 Å². The maximum absolute atomic E-state index is 15.3. The van der Waals surface area contributed by atoms with Gasteiger partial charge in [0.1, 0.15) is 29.3 Å². The highest BCUT2D eigenvalue weighted by molar-refractivity contribution is 7.89. The number of pyridine rings is 1. The number of nitrogens with one attached hydrogen (secondary N) is 3. The molecule has 2 amide bonds. The zero-order chi connectivity index (χ0) is 34.4. The second-order valence-electron chi connectivity index (χ2n) is 11.9. The summed E-state index contributed by atoms with van der Waals surface area (Å²) in [5.74, 6) is -5.44. The van der Waals surface area contributed by atoms with Crippen LogP contribution in [0.4, 0.5) is 28.0 Å².